The maximum Gasteiger partial charge on any atom is 0.0702 e. The van der Waals surface area contributed by atoms with Crippen LogP contribution in [0.2, 0.25) is 0 Å². The van der Waals surface area contributed by atoms with Crippen LogP contribution in [0.15, 0.2) is 0 Å². The largest absolute Gasteiger partial charge is 0.394 e. The van der Waals surface area contributed by atoms with Crippen molar-refractivity contribution in [1.82, 2.24) is 5.32 Å². The van der Waals surface area contributed by atoms with Crippen molar-refractivity contribution in [2.24, 2.45) is 0 Å². The molecule has 1 atom stereocenters. The van der Waals surface area contributed by atoms with Gasteiger partial charge in [-0.25, -0.2) is 0 Å². The van der Waals surface area contributed by atoms with Gasteiger partial charge in [-0.15, -0.1) is 0 Å². The van der Waals surface area contributed by atoms with Gasteiger partial charge in [0, 0.05) is 6.54 Å². The molecule has 1 saturated heterocycles. The lowest BCUT2D eigenvalue weighted by atomic mass is 10.1. The molecule has 10 heavy (non-hydrogen) atoms. The Balaban J connectivity index is 2.02. The number of hydrogen-bond acceptors (Lipinski definition) is 3. The van der Waals surface area contributed by atoms with Crippen LogP contribution in [0.5, 0.6) is 0 Å². The first-order chi connectivity index (χ1) is 4.93. The van der Waals surface area contributed by atoms with Gasteiger partial charge in [0.05, 0.1) is 19.3 Å². The molecule has 0 aromatic rings. The highest BCUT2D eigenvalue weighted by atomic mass is 16.5. The summed E-state index contributed by atoms with van der Waals surface area (Å²) in [7, 11) is 0. The Morgan fingerprint density at radius 2 is 2.50 bits per heavy atom. The van der Waals surface area contributed by atoms with E-state index in [0.717, 1.165) is 19.5 Å². The Kier molecular flexibility index (Phi) is 3.72. The fraction of sp³-hybridized carbons (Fsp3) is 1.00. The summed E-state index contributed by atoms with van der Waals surface area (Å²) in [5.74, 6) is 0. The lowest BCUT2D eigenvalue weighted by molar-refractivity contribution is 0.0161. The highest BCUT2D eigenvalue weighted by Crippen LogP contribution is 2.04. The van der Waals surface area contributed by atoms with Gasteiger partial charge in [-0.05, 0) is 19.4 Å². The van der Waals surface area contributed by atoms with E-state index in [1.54, 1.807) is 0 Å². The van der Waals surface area contributed by atoms with Crippen molar-refractivity contribution >= 4 is 0 Å². The van der Waals surface area contributed by atoms with Crippen LogP contribution in [-0.4, -0.2) is 37.5 Å². The number of hydrogen-bond donors (Lipinski definition) is 2. The predicted octanol–water partition coefficient (Wildman–Crippen LogP) is -0.253. The first kappa shape index (κ1) is 7.98. The van der Waals surface area contributed by atoms with Crippen LogP contribution in [0.1, 0.15) is 12.8 Å². The van der Waals surface area contributed by atoms with E-state index in [0.29, 0.717) is 12.7 Å². The summed E-state index contributed by atoms with van der Waals surface area (Å²) in [5.41, 5.74) is 0. The Hall–Kier alpha value is -0.120. The molecule has 1 aliphatic heterocycles. The number of rotatable bonds is 3. The Morgan fingerprint density at radius 1 is 1.60 bits per heavy atom. The van der Waals surface area contributed by atoms with E-state index in [9.17, 15) is 0 Å². The summed E-state index contributed by atoms with van der Waals surface area (Å²) < 4.78 is 5.32. The minimum absolute atomic E-state index is 0.135. The summed E-state index contributed by atoms with van der Waals surface area (Å²) >= 11 is 0. The van der Waals surface area contributed by atoms with Crippen molar-refractivity contribution in [2.45, 2.75) is 18.9 Å². The Labute approximate surface area is 61.4 Å². The van der Waals surface area contributed by atoms with Gasteiger partial charge in [0.1, 0.15) is 0 Å². The van der Waals surface area contributed by atoms with E-state index in [-0.39, 0.29) is 6.61 Å². The molecule has 2 N–H and O–H groups in total. The number of piperidine rings is 1. The highest BCUT2D eigenvalue weighted by molar-refractivity contribution is 4.68. The average molecular weight is 145 g/mol. The molecule has 3 nitrogen and oxygen atoms in total. The molecule has 0 saturated carbocycles. The molecule has 60 valence electrons. The van der Waals surface area contributed by atoms with E-state index >= 15 is 0 Å². The fourth-order valence-corrected chi connectivity index (χ4v) is 1.18. The zero-order valence-electron chi connectivity index (χ0n) is 6.18. The third-order valence-electron chi connectivity index (χ3n) is 1.70. The van der Waals surface area contributed by atoms with Gasteiger partial charge in [-0.3, -0.25) is 0 Å². The van der Waals surface area contributed by atoms with Gasteiger partial charge < -0.3 is 15.2 Å². The quantitative estimate of drug-likeness (QED) is 0.575. The van der Waals surface area contributed by atoms with Gasteiger partial charge >= 0.3 is 0 Å². The number of aliphatic hydroxyl groups is 1. The van der Waals surface area contributed by atoms with Crippen LogP contribution >= 0.6 is 0 Å². The second kappa shape index (κ2) is 4.66. The third-order valence-corrected chi connectivity index (χ3v) is 1.70. The average Bonchev–Trinajstić information content (AvgIpc) is 2.03. The van der Waals surface area contributed by atoms with Crippen molar-refractivity contribution in [3.63, 3.8) is 0 Å². The molecule has 0 aromatic heterocycles. The summed E-state index contributed by atoms with van der Waals surface area (Å²) in [4.78, 5) is 0. The zero-order valence-corrected chi connectivity index (χ0v) is 6.18. The summed E-state index contributed by atoms with van der Waals surface area (Å²) in [6.07, 6.45) is 2.66. The monoisotopic (exact) mass is 145 g/mol. The molecule has 0 aromatic carbocycles. The van der Waals surface area contributed by atoms with E-state index in [4.69, 9.17) is 9.84 Å². The Bertz CT molecular complexity index is 81.7. The SMILES string of the molecule is OCCO[C@@H]1CCCNC1. The van der Waals surface area contributed by atoms with E-state index in [2.05, 4.69) is 5.32 Å². The van der Waals surface area contributed by atoms with Gasteiger partial charge in [0.15, 0.2) is 0 Å². The van der Waals surface area contributed by atoms with Crippen LogP contribution in [0.4, 0.5) is 0 Å². The first-order valence-corrected chi connectivity index (χ1v) is 3.86. The molecular weight excluding hydrogens is 130 g/mol. The van der Waals surface area contributed by atoms with Crippen LogP contribution in [0, 0.1) is 0 Å². The number of ether oxygens (including phenoxy) is 1. The predicted molar refractivity (Wildman–Crippen MR) is 38.9 cm³/mol. The van der Waals surface area contributed by atoms with Crippen molar-refractivity contribution in [2.75, 3.05) is 26.3 Å². The maximum atomic E-state index is 8.45. The van der Waals surface area contributed by atoms with Crippen LogP contribution < -0.4 is 5.32 Å². The molecule has 0 unspecified atom stereocenters. The minimum Gasteiger partial charge on any atom is -0.394 e. The lowest BCUT2D eigenvalue weighted by Crippen LogP contribution is -2.35. The Morgan fingerprint density at radius 3 is 3.10 bits per heavy atom. The topological polar surface area (TPSA) is 41.5 Å². The lowest BCUT2D eigenvalue weighted by Gasteiger charge is -2.22. The van der Waals surface area contributed by atoms with Gasteiger partial charge in [-0.2, -0.15) is 0 Å². The standard InChI is InChI=1S/C7H15NO2/c9-4-5-10-7-2-1-3-8-6-7/h7-9H,1-6H2/t7-/m1/s1. The molecule has 0 spiro atoms. The third kappa shape index (κ3) is 2.64. The van der Waals surface area contributed by atoms with Gasteiger partial charge in [0.2, 0.25) is 0 Å². The van der Waals surface area contributed by atoms with E-state index in [1.807, 2.05) is 0 Å². The summed E-state index contributed by atoms with van der Waals surface area (Å²) in [6, 6.07) is 0. The summed E-state index contributed by atoms with van der Waals surface area (Å²) in [6.45, 7) is 2.67. The van der Waals surface area contributed by atoms with E-state index in [1.165, 1.54) is 6.42 Å². The highest BCUT2D eigenvalue weighted by Gasteiger charge is 2.11. The van der Waals surface area contributed by atoms with Crippen molar-refractivity contribution in [3.8, 4) is 0 Å². The first-order valence-electron chi connectivity index (χ1n) is 3.86. The van der Waals surface area contributed by atoms with Gasteiger partial charge in [0.25, 0.3) is 0 Å². The fourth-order valence-electron chi connectivity index (χ4n) is 1.18. The number of nitrogens with one attached hydrogen (secondary N) is 1. The van der Waals surface area contributed by atoms with Gasteiger partial charge in [-0.1, -0.05) is 0 Å². The van der Waals surface area contributed by atoms with Crippen LogP contribution in [0.3, 0.4) is 0 Å². The molecule has 3 heteroatoms. The second-order valence-electron chi connectivity index (χ2n) is 2.56. The smallest absolute Gasteiger partial charge is 0.0702 e. The molecule has 1 heterocycles. The molecule has 0 bridgehead atoms. The number of aliphatic hydroxyl groups excluding tert-OH is 1. The molecule has 0 amide bonds. The second-order valence-corrected chi connectivity index (χ2v) is 2.56. The molecule has 0 aliphatic carbocycles. The molecular formula is C7H15NO2. The normalized spacial score (nSPS) is 26.7. The molecule has 1 fully saturated rings. The maximum absolute atomic E-state index is 8.45. The van der Waals surface area contributed by atoms with Crippen LogP contribution in [-0.2, 0) is 4.74 Å². The minimum atomic E-state index is 0.135. The van der Waals surface area contributed by atoms with Crippen molar-refractivity contribution in [3.05, 3.63) is 0 Å². The summed E-state index contributed by atoms with van der Waals surface area (Å²) in [5, 5.41) is 11.7. The van der Waals surface area contributed by atoms with Crippen molar-refractivity contribution < 1.29 is 9.84 Å². The zero-order chi connectivity index (χ0) is 7.23. The van der Waals surface area contributed by atoms with Crippen LogP contribution in [0.25, 0.3) is 0 Å². The molecule has 1 rings (SSSR count). The molecule has 0 radical (unpaired) electrons. The van der Waals surface area contributed by atoms with Crippen molar-refractivity contribution in [1.29, 1.82) is 0 Å². The molecule has 1 aliphatic rings. The van der Waals surface area contributed by atoms with E-state index < -0.39 is 0 Å².